The van der Waals surface area contributed by atoms with Crippen LogP contribution in [0.1, 0.15) is 45.1 Å². The summed E-state index contributed by atoms with van der Waals surface area (Å²) < 4.78 is 11.0. The fourth-order valence-electron chi connectivity index (χ4n) is 4.98. The summed E-state index contributed by atoms with van der Waals surface area (Å²) in [6, 6.07) is 7.60. The number of fused-ring (bicyclic) bond motifs is 1. The number of piperazine rings is 1. The van der Waals surface area contributed by atoms with Gasteiger partial charge in [-0.15, -0.1) is 0 Å². The van der Waals surface area contributed by atoms with Gasteiger partial charge >= 0.3 is 5.63 Å². The molecule has 2 aromatic rings. The van der Waals surface area contributed by atoms with E-state index in [1.807, 2.05) is 19.1 Å². The number of nitrogens with zero attached hydrogens (tertiary/aromatic N) is 3. The molecule has 2 fully saturated rings. The van der Waals surface area contributed by atoms with Crippen molar-refractivity contribution >= 4 is 16.9 Å². The number of carbonyl (C=O) groups is 1. The smallest absolute Gasteiger partial charge is 0.336 e. The van der Waals surface area contributed by atoms with Gasteiger partial charge in [-0.1, -0.05) is 6.92 Å². The predicted octanol–water partition coefficient (Wildman–Crippen LogP) is 3.10. The standard InChI is InChI=1S/C25H35N3O4/c1-3-20-7-5-6-10-28(20)24(29)18-27-13-11-26(12-14-27)17-19-15-25(30)32-23-9-8-21(31-4-2)16-22(19)23/h8-9,15-16,20H,3-7,10-14,17-18H2,1-2H3. The lowest BCUT2D eigenvalue weighted by atomic mass is 10.00. The molecule has 2 aliphatic rings. The Morgan fingerprint density at radius 3 is 2.59 bits per heavy atom. The summed E-state index contributed by atoms with van der Waals surface area (Å²) in [5.74, 6) is 1.06. The van der Waals surface area contributed by atoms with Crippen LogP contribution in [-0.4, -0.2) is 72.5 Å². The number of amides is 1. The Morgan fingerprint density at radius 1 is 1.06 bits per heavy atom. The first-order valence-corrected chi connectivity index (χ1v) is 12.0. The second-order valence-corrected chi connectivity index (χ2v) is 8.88. The monoisotopic (exact) mass is 441 g/mol. The van der Waals surface area contributed by atoms with Crippen LogP contribution in [0.15, 0.2) is 33.5 Å². The minimum atomic E-state index is -0.326. The maximum Gasteiger partial charge on any atom is 0.336 e. The third-order valence-corrected chi connectivity index (χ3v) is 6.75. The molecule has 3 heterocycles. The van der Waals surface area contributed by atoms with E-state index in [0.717, 1.165) is 68.7 Å². The summed E-state index contributed by atoms with van der Waals surface area (Å²) in [6.45, 7) is 10.3. The van der Waals surface area contributed by atoms with Crippen molar-refractivity contribution in [3.05, 3.63) is 40.2 Å². The summed E-state index contributed by atoms with van der Waals surface area (Å²) in [4.78, 5) is 31.7. The molecule has 174 valence electrons. The van der Waals surface area contributed by atoms with E-state index in [4.69, 9.17) is 9.15 Å². The van der Waals surface area contributed by atoms with E-state index in [0.29, 0.717) is 31.3 Å². The third-order valence-electron chi connectivity index (χ3n) is 6.75. The molecule has 7 nitrogen and oxygen atoms in total. The molecule has 1 atom stereocenters. The molecule has 2 aliphatic heterocycles. The molecule has 0 bridgehead atoms. The van der Waals surface area contributed by atoms with Crippen LogP contribution in [0, 0.1) is 0 Å². The van der Waals surface area contributed by atoms with Gasteiger partial charge in [0.05, 0.1) is 13.2 Å². The Kier molecular flexibility index (Phi) is 7.48. The fourth-order valence-corrected chi connectivity index (χ4v) is 4.98. The number of ether oxygens (including phenoxy) is 1. The zero-order chi connectivity index (χ0) is 22.5. The number of likely N-dealkylation sites (tertiary alicyclic amines) is 1. The van der Waals surface area contributed by atoms with Gasteiger partial charge in [0.2, 0.25) is 5.91 Å². The number of piperidine rings is 1. The summed E-state index contributed by atoms with van der Waals surface area (Å²) >= 11 is 0. The molecular weight excluding hydrogens is 406 g/mol. The van der Waals surface area contributed by atoms with Gasteiger partial charge in [-0.3, -0.25) is 14.6 Å². The van der Waals surface area contributed by atoms with Gasteiger partial charge in [-0.05, 0) is 56.4 Å². The first-order valence-electron chi connectivity index (χ1n) is 12.0. The van der Waals surface area contributed by atoms with Crippen molar-refractivity contribution in [3.63, 3.8) is 0 Å². The van der Waals surface area contributed by atoms with Crippen molar-refractivity contribution in [1.82, 2.24) is 14.7 Å². The molecule has 0 saturated carbocycles. The van der Waals surface area contributed by atoms with Gasteiger partial charge in [0, 0.05) is 56.8 Å². The molecule has 0 aliphatic carbocycles. The molecule has 0 N–H and O–H groups in total. The predicted molar refractivity (Wildman–Crippen MR) is 125 cm³/mol. The molecule has 2 saturated heterocycles. The maximum atomic E-state index is 12.9. The van der Waals surface area contributed by atoms with Crippen LogP contribution in [0.3, 0.4) is 0 Å². The summed E-state index contributed by atoms with van der Waals surface area (Å²) in [5.41, 5.74) is 1.22. The van der Waals surface area contributed by atoms with Crippen molar-refractivity contribution in [2.45, 2.75) is 52.1 Å². The van der Waals surface area contributed by atoms with E-state index in [9.17, 15) is 9.59 Å². The number of benzene rings is 1. The van der Waals surface area contributed by atoms with Crippen molar-refractivity contribution in [2.24, 2.45) is 0 Å². The first kappa shape index (κ1) is 22.8. The number of hydrogen-bond acceptors (Lipinski definition) is 6. The van der Waals surface area contributed by atoms with Crippen LogP contribution in [0.5, 0.6) is 5.75 Å². The Hall–Kier alpha value is -2.38. The van der Waals surface area contributed by atoms with E-state index in [1.165, 1.54) is 6.42 Å². The van der Waals surface area contributed by atoms with Crippen LogP contribution in [0.25, 0.3) is 11.0 Å². The third kappa shape index (κ3) is 5.33. The van der Waals surface area contributed by atoms with Crippen LogP contribution >= 0.6 is 0 Å². The second-order valence-electron chi connectivity index (χ2n) is 8.88. The molecule has 1 amide bonds. The highest BCUT2D eigenvalue weighted by molar-refractivity contribution is 5.81. The maximum absolute atomic E-state index is 12.9. The number of rotatable bonds is 7. The second kappa shape index (κ2) is 10.5. The summed E-state index contributed by atoms with van der Waals surface area (Å²) in [5, 5.41) is 0.920. The minimum Gasteiger partial charge on any atom is -0.494 e. The average Bonchev–Trinajstić information content (AvgIpc) is 2.80. The van der Waals surface area contributed by atoms with Crippen molar-refractivity contribution in [2.75, 3.05) is 45.9 Å². The molecule has 0 spiro atoms. The molecular formula is C25H35N3O4. The molecule has 1 aromatic carbocycles. The van der Waals surface area contributed by atoms with E-state index in [-0.39, 0.29) is 11.5 Å². The van der Waals surface area contributed by atoms with Crippen molar-refractivity contribution in [1.29, 1.82) is 0 Å². The van der Waals surface area contributed by atoms with Crippen LogP contribution in [-0.2, 0) is 11.3 Å². The highest BCUT2D eigenvalue weighted by atomic mass is 16.5. The van der Waals surface area contributed by atoms with E-state index in [1.54, 1.807) is 12.1 Å². The normalized spacial score (nSPS) is 20.6. The van der Waals surface area contributed by atoms with Gasteiger partial charge in [-0.25, -0.2) is 4.79 Å². The Bertz CT molecular complexity index is 981. The molecule has 1 unspecified atom stereocenters. The zero-order valence-electron chi connectivity index (χ0n) is 19.3. The Labute approximate surface area is 189 Å². The lowest BCUT2D eigenvalue weighted by molar-refractivity contribution is -0.136. The van der Waals surface area contributed by atoms with E-state index in [2.05, 4.69) is 21.6 Å². The van der Waals surface area contributed by atoms with Gasteiger partial charge < -0.3 is 14.1 Å². The Morgan fingerprint density at radius 2 is 1.84 bits per heavy atom. The average molecular weight is 442 g/mol. The van der Waals surface area contributed by atoms with Gasteiger partial charge in [-0.2, -0.15) is 0 Å². The zero-order valence-corrected chi connectivity index (χ0v) is 19.3. The summed E-state index contributed by atoms with van der Waals surface area (Å²) in [7, 11) is 0. The SMILES string of the molecule is CCOc1ccc2oc(=O)cc(CN3CCN(CC(=O)N4CCCCC4CC)CC3)c2c1. The van der Waals surface area contributed by atoms with Crippen LogP contribution in [0.4, 0.5) is 0 Å². The molecule has 4 rings (SSSR count). The van der Waals surface area contributed by atoms with Crippen LogP contribution < -0.4 is 10.4 Å². The van der Waals surface area contributed by atoms with Gasteiger partial charge in [0.1, 0.15) is 11.3 Å². The highest BCUT2D eigenvalue weighted by Crippen LogP contribution is 2.25. The van der Waals surface area contributed by atoms with Crippen molar-refractivity contribution < 1.29 is 13.9 Å². The topological polar surface area (TPSA) is 66.2 Å². The van der Waals surface area contributed by atoms with E-state index >= 15 is 0 Å². The summed E-state index contributed by atoms with van der Waals surface area (Å²) in [6.07, 6.45) is 4.54. The fraction of sp³-hybridized carbons (Fsp3) is 0.600. The van der Waals surface area contributed by atoms with Crippen molar-refractivity contribution in [3.8, 4) is 5.75 Å². The lowest BCUT2D eigenvalue weighted by Crippen LogP contribution is -2.52. The highest BCUT2D eigenvalue weighted by Gasteiger charge is 2.27. The quantitative estimate of drug-likeness (QED) is 0.615. The van der Waals surface area contributed by atoms with E-state index < -0.39 is 0 Å². The molecule has 0 radical (unpaired) electrons. The largest absolute Gasteiger partial charge is 0.494 e. The Balaban J connectivity index is 1.37. The molecule has 32 heavy (non-hydrogen) atoms. The molecule has 7 heteroatoms. The van der Waals surface area contributed by atoms with Crippen LogP contribution in [0.2, 0.25) is 0 Å². The number of carbonyl (C=O) groups excluding carboxylic acids is 1. The molecule has 1 aromatic heterocycles. The van der Waals surface area contributed by atoms with Gasteiger partial charge in [0.15, 0.2) is 0 Å². The van der Waals surface area contributed by atoms with Gasteiger partial charge in [0.25, 0.3) is 0 Å². The lowest BCUT2D eigenvalue weighted by Gasteiger charge is -2.39. The first-order chi connectivity index (χ1) is 15.6. The minimum absolute atomic E-state index is 0.278. The number of hydrogen-bond donors (Lipinski definition) is 0.